The van der Waals surface area contributed by atoms with Crippen LogP contribution in [-0.4, -0.2) is 11.9 Å². The van der Waals surface area contributed by atoms with Crippen LogP contribution >= 0.6 is 0 Å². The van der Waals surface area contributed by atoms with Crippen molar-refractivity contribution in [3.05, 3.63) is 59.7 Å². The average Bonchev–Trinajstić information content (AvgIpc) is 2.75. The maximum atomic E-state index is 12.4. The summed E-state index contributed by atoms with van der Waals surface area (Å²) in [5.74, 6) is 1.70. The number of rotatable bonds is 7. The molecule has 29 heavy (non-hydrogen) atoms. The molecule has 0 saturated heterocycles. The molecule has 0 amide bonds. The molecular formula is C25H30O4. The van der Waals surface area contributed by atoms with Gasteiger partial charge in [-0.25, -0.2) is 4.79 Å². The predicted molar refractivity (Wildman–Crippen MR) is 113 cm³/mol. The number of hydrogen-bond donors (Lipinski definition) is 0. The van der Waals surface area contributed by atoms with Gasteiger partial charge in [0, 0.05) is 6.42 Å². The zero-order valence-corrected chi connectivity index (χ0v) is 17.4. The van der Waals surface area contributed by atoms with Gasteiger partial charge in [0.05, 0.1) is 5.56 Å². The lowest BCUT2D eigenvalue weighted by molar-refractivity contribution is -0.134. The summed E-state index contributed by atoms with van der Waals surface area (Å²) in [6.45, 7) is 4.20. The highest BCUT2D eigenvalue weighted by Crippen LogP contribution is 2.37. The first-order valence-electron chi connectivity index (χ1n) is 10.7. The van der Waals surface area contributed by atoms with E-state index in [1.165, 1.54) is 37.7 Å². The summed E-state index contributed by atoms with van der Waals surface area (Å²) in [7, 11) is 0. The van der Waals surface area contributed by atoms with E-state index >= 15 is 0 Å². The van der Waals surface area contributed by atoms with Crippen molar-refractivity contribution in [2.24, 2.45) is 5.92 Å². The summed E-state index contributed by atoms with van der Waals surface area (Å²) < 4.78 is 10.6. The van der Waals surface area contributed by atoms with E-state index in [9.17, 15) is 9.59 Å². The molecule has 2 aromatic carbocycles. The van der Waals surface area contributed by atoms with Crippen molar-refractivity contribution in [1.82, 2.24) is 0 Å². The second kappa shape index (κ2) is 10.2. The van der Waals surface area contributed by atoms with E-state index in [0.29, 0.717) is 29.4 Å². The van der Waals surface area contributed by atoms with Crippen LogP contribution in [0.2, 0.25) is 0 Å². The van der Waals surface area contributed by atoms with Gasteiger partial charge in [0.1, 0.15) is 11.5 Å². The van der Waals surface area contributed by atoms with Gasteiger partial charge in [-0.2, -0.15) is 0 Å². The molecule has 4 heteroatoms. The molecule has 0 spiro atoms. The lowest BCUT2D eigenvalue weighted by Gasteiger charge is -2.28. The third-order valence-electron chi connectivity index (χ3n) is 5.76. The summed E-state index contributed by atoms with van der Waals surface area (Å²) in [6, 6.07) is 14.3. The number of esters is 2. The minimum Gasteiger partial charge on any atom is -0.427 e. The van der Waals surface area contributed by atoms with Crippen molar-refractivity contribution in [2.75, 3.05) is 0 Å². The SMILES string of the molecule is CCCC(=O)Oc1ccc(OC(=O)c2ccc(C3CCC(CC)CC3)cc2)cc1. The van der Waals surface area contributed by atoms with Gasteiger partial charge in [-0.15, -0.1) is 0 Å². The van der Waals surface area contributed by atoms with Crippen LogP contribution in [0.15, 0.2) is 48.5 Å². The Morgan fingerprint density at radius 1 is 0.828 bits per heavy atom. The van der Waals surface area contributed by atoms with Gasteiger partial charge in [0.2, 0.25) is 0 Å². The number of carbonyl (C=O) groups is 2. The van der Waals surface area contributed by atoms with E-state index in [0.717, 1.165) is 12.3 Å². The minimum absolute atomic E-state index is 0.263. The fraction of sp³-hybridized carbons (Fsp3) is 0.440. The molecule has 0 aromatic heterocycles. The van der Waals surface area contributed by atoms with Crippen LogP contribution in [0.4, 0.5) is 0 Å². The van der Waals surface area contributed by atoms with Gasteiger partial charge in [-0.1, -0.05) is 32.4 Å². The zero-order valence-electron chi connectivity index (χ0n) is 17.4. The van der Waals surface area contributed by atoms with Crippen LogP contribution in [0, 0.1) is 5.92 Å². The lowest BCUT2D eigenvalue weighted by Crippen LogP contribution is -2.13. The second-order valence-electron chi connectivity index (χ2n) is 7.83. The molecule has 2 aromatic rings. The molecule has 0 unspecified atom stereocenters. The fourth-order valence-corrected chi connectivity index (χ4v) is 3.92. The second-order valence-corrected chi connectivity index (χ2v) is 7.83. The fourth-order valence-electron chi connectivity index (χ4n) is 3.92. The van der Waals surface area contributed by atoms with Crippen molar-refractivity contribution in [3.63, 3.8) is 0 Å². The van der Waals surface area contributed by atoms with E-state index in [1.54, 1.807) is 24.3 Å². The molecule has 0 N–H and O–H groups in total. The summed E-state index contributed by atoms with van der Waals surface area (Å²) in [6.07, 6.45) is 7.47. The highest BCUT2D eigenvalue weighted by Gasteiger charge is 2.21. The van der Waals surface area contributed by atoms with Gasteiger partial charge in [-0.05, 0) is 85.9 Å². The summed E-state index contributed by atoms with van der Waals surface area (Å²) in [4.78, 5) is 23.9. The first-order valence-corrected chi connectivity index (χ1v) is 10.7. The quantitative estimate of drug-likeness (QED) is 0.409. The van der Waals surface area contributed by atoms with E-state index < -0.39 is 0 Å². The summed E-state index contributed by atoms with van der Waals surface area (Å²) >= 11 is 0. The molecular weight excluding hydrogens is 364 g/mol. The van der Waals surface area contributed by atoms with Crippen LogP contribution in [-0.2, 0) is 4.79 Å². The standard InChI is InChI=1S/C25H30O4/c1-3-5-24(26)28-22-14-16-23(17-15-22)29-25(27)21-12-10-20(11-13-21)19-8-6-18(4-2)7-9-19/h10-19H,3-9H2,1-2H3. The Morgan fingerprint density at radius 2 is 1.41 bits per heavy atom. The van der Waals surface area contributed by atoms with Gasteiger partial charge >= 0.3 is 11.9 Å². The Balaban J connectivity index is 1.55. The molecule has 3 rings (SSSR count). The number of carbonyl (C=O) groups excluding carboxylic acids is 2. The smallest absolute Gasteiger partial charge is 0.343 e. The van der Waals surface area contributed by atoms with E-state index in [1.807, 2.05) is 19.1 Å². The van der Waals surface area contributed by atoms with E-state index in [-0.39, 0.29) is 11.9 Å². The number of benzene rings is 2. The number of hydrogen-bond acceptors (Lipinski definition) is 4. The summed E-state index contributed by atoms with van der Waals surface area (Å²) in [5.41, 5.74) is 1.85. The first-order chi connectivity index (χ1) is 14.1. The topological polar surface area (TPSA) is 52.6 Å². The molecule has 0 atom stereocenters. The maximum absolute atomic E-state index is 12.4. The van der Waals surface area contributed by atoms with Gasteiger partial charge in [0.15, 0.2) is 0 Å². The van der Waals surface area contributed by atoms with Crippen LogP contribution < -0.4 is 9.47 Å². The predicted octanol–water partition coefficient (Wildman–Crippen LogP) is 6.30. The third-order valence-corrected chi connectivity index (χ3v) is 5.76. The highest BCUT2D eigenvalue weighted by atomic mass is 16.5. The molecule has 0 radical (unpaired) electrons. The van der Waals surface area contributed by atoms with Crippen LogP contribution in [0.25, 0.3) is 0 Å². The Bertz CT molecular complexity index is 800. The lowest BCUT2D eigenvalue weighted by atomic mass is 9.78. The van der Waals surface area contributed by atoms with Gasteiger partial charge in [-0.3, -0.25) is 4.79 Å². The molecule has 0 bridgehead atoms. The largest absolute Gasteiger partial charge is 0.427 e. The molecule has 1 aliphatic carbocycles. The molecule has 1 fully saturated rings. The molecule has 0 aliphatic heterocycles. The number of ether oxygens (including phenoxy) is 2. The Kier molecular flexibility index (Phi) is 7.45. The van der Waals surface area contributed by atoms with E-state index in [4.69, 9.17) is 9.47 Å². The molecule has 4 nitrogen and oxygen atoms in total. The van der Waals surface area contributed by atoms with Crippen LogP contribution in [0.5, 0.6) is 11.5 Å². The highest BCUT2D eigenvalue weighted by molar-refractivity contribution is 5.91. The maximum Gasteiger partial charge on any atom is 0.343 e. The van der Waals surface area contributed by atoms with Crippen molar-refractivity contribution in [2.45, 2.75) is 64.7 Å². The Morgan fingerprint density at radius 3 is 1.97 bits per heavy atom. The van der Waals surface area contributed by atoms with Gasteiger partial charge in [0.25, 0.3) is 0 Å². The third kappa shape index (κ3) is 5.93. The minimum atomic E-state index is -0.387. The van der Waals surface area contributed by atoms with E-state index in [2.05, 4.69) is 19.1 Å². The monoisotopic (exact) mass is 394 g/mol. The molecule has 154 valence electrons. The van der Waals surface area contributed by atoms with Crippen molar-refractivity contribution < 1.29 is 19.1 Å². The zero-order chi connectivity index (χ0) is 20.6. The van der Waals surface area contributed by atoms with Crippen molar-refractivity contribution >= 4 is 11.9 Å². The molecule has 1 saturated carbocycles. The van der Waals surface area contributed by atoms with Crippen molar-refractivity contribution in [1.29, 1.82) is 0 Å². The Labute approximate surface area is 173 Å². The normalized spacial score (nSPS) is 18.8. The molecule has 0 heterocycles. The molecule has 1 aliphatic rings. The van der Waals surface area contributed by atoms with Crippen LogP contribution in [0.1, 0.15) is 80.6 Å². The summed E-state index contributed by atoms with van der Waals surface area (Å²) in [5, 5.41) is 0. The average molecular weight is 395 g/mol. The first kappa shape index (κ1) is 21.1. The van der Waals surface area contributed by atoms with Crippen molar-refractivity contribution in [3.8, 4) is 11.5 Å². The Hall–Kier alpha value is -2.62. The van der Waals surface area contributed by atoms with Gasteiger partial charge < -0.3 is 9.47 Å². The van der Waals surface area contributed by atoms with Crippen LogP contribution in [0.3, 0.4) is 0 Å².